The first-order valence-corrected chi connectivity index (χ1v) is 5.78. The van der Waals surface area contributed by atoms with Crippen molar-refractivity contribution in [1.29, 1.82) is 0 Å². The van der Waals surface area contributed by atoms with Crippen molar-refractivity contribution in [3.63, 3.8) is 0 Å². The summed E-state index contributed by atoms with van der Waals surface area (Å²) in [7, 11) is 0. The van der Waals surface area contributed by atoms with Crippen LogP contribution in [0.1, 0.15) is 56.6 Å². The fourth-order valence-corrected chi connectivity index (χ4v) is 1.72. The zero-order chi connectivity index (χ0) is 11.3. The summed E-state index contributed by atoms with van der Waals surface area (Å²) in [5.41, 5.74) is 2.50. The standard InChI is InChI=1S/C14H20O/c1-4-11(3)13-6-8-14(9-7-13)12(5-2)10-15/h6-12H,4-5H2,1-3H3. The van der Waals surface area contributed by atoms with Gasteiger partial charge in [0.15, 0.2) is 0 Å². The van der Waals surface area contributed by atoms with Crippen LogP contribution in [0.25, 0.3) is 0 Å². The van der Waals surface area contributed by atoms with Crippen molar-refractivity contribution in [3.8, 4) is 0 Å². The quantitative estimate of drug-likeness (QED) is 0.665. The molecule has 1 heteroatoms. The van der Waals surface area contributed by atoms with Crippen LogP contribution in [0.2, 0.25) is 0 Å². The maximum absolute atomic E-state index is 10.8. The van der Waals surface area contributed by atoms with E-state index in [0.29, 0.717) is 5.92 Å². The molecular weight excluding hydrogens is 184 g/mol. The zero-order valence-corrected chi connectivity index (χ0v) is 9.86. The molecule has 15 heavy (non-hydrogen) atoms. The van der Waals surface area contributed by atoms with E-state index in [1.165, 1.54) is 5.56 Å². The Balaban J connectivity index is 2.84. The number of hydrogen-bond acceptors (Lipinski definition) is 1. The second-order valence-corrected chi connectivity index (χ2v) is 4.13. The molecule has 1 aromatic carbocycles. The van der Waals surface area contributed by atoms with Gasteiger partial charge in [0.1, 0.15) is 6.29 Å². The Morgan fingerprint density at radius 2 is 1.60 bits per heavy atom. The van der Waals surface area contributed by atoms with E-state index >= 15 is 0 Å². The topological polar surface area (TPSA) is 17.1 Å². The van der Waals surface area contributed by atoms with E-state index in [0.717, 1.165) is 24.7 Å². The van der Waals surface area contributed by atoms with Crippen molar-refractivity contribution in [2.24, 2.45) is 0 Å². The van der Waals surface area contributed by atoms with Gasteiger partial charge in [-0.3, -0.25) is 0 Å². The molecule has 1 nitrogen and oxygen atoms in total. The van der Waals surface area contributed by atoms with Gasteiger partial charge in [-0.05, 0) is 29.9 Å². The second kappa shape index (κ2) is 5.69. The molecule has 82 valence electrons. The highest BCUT2D eigenvalue weighted by Gasteiger charge is 2.08. The average molecular weight is 204 g/mol. The fourth-order valence-electron chi connectivity index (χ4n) is 1.72. The summed E-state index contributed by atoms with van der Waals surface area (Å²) in [6.07, 6.45) is 3.08. The minimum atomic E-state index is 0.0657. The van der Waals surface area contributed by atoms with Gasteiger partial charge in [-0.25, -0.2) is 0 Å². The number of aldehydes is 1. The van der Waals surface area contributed by atoms with E-state index in [-0.39, 0.29) is 5.92 Å². The van der Waals surface area contributed by atoms with Crippen molar-refractivity contribution < 1.29 is 4.79 Å². The molecule has 0 fully saturated rings. The monoisotopic (exact) mass is 204 g/mol. The molecule has 2 atom stereocenters. The second-order valence-electron chi connectivity index (χ2n) is 4.13. The third-order valence-electron chi connectivity index (χ3n) is 3.15. The molecule has 0 saturated carbocycles. The van der Waals surface area contributed by atoms with Crippen LogP contribution in [-0.2, 0) is 4.79 Å². The third-order valence-corrected chi connectivity index (χ3v) is 3.15. The molecule has 1 rings (SSSR count). The van der Waals surface area contributed by atoms with E-state index in [9.17, 15) is 4.79 Å². The van der Waals surface area contributed by atoms with Crippen LogP contribution < -0.4 is 0 Å². The minimum absolute atomic E-state index is 0.0657. The molecule has 0 aliphatic heterocycles. The molecular formula is C14H20O. The highest BCUT2D eigenvalue weighted by atomic mass is 16.1. The lowest BCUT2D eigenvalue weighted by molar-refractivity contribution is -0.109. The highest BCUT2D eigenvalue weighted by Crippen LogP contribution is 2.22. The molecule has 2 unspecified atom stereocenters. The number of rotatable bonds is 5. The molecule has 0 spiro atoms. The Morgan fingerprint density at radius 1 is 1.07 bits per heavy atom. The van der Waals surface area contributed by atoms with Crippen LogP contribution >= 0.6 is 0 Å². The van der Waals surface area contributed by atoms with Gasteiger partial charge >= 0.3 is 0 Å². The van der Waals surface area contributed by atoms with Crippen molar-refractivity contribution in [2.75, 3.05) is 0 Å². The summed E-state index contributed by atoms with van der Waals surface area (Å²) in [5.74, 6) is 0.673. The van der Waals surface area contributed by atoms with Gasteiger partial charge in [0.2, 0.25) is 0 Å². The van der Waals surface area contributed by atoms with E-state index in [4.69, 9.17) is 0 Å². The lowest BCUT2D eigenvalue weighted by atomic mass is 9.93. The number of carbonyl (C=O) groups excluding carboxylic acids is 1. The maximum Gasteiger partial charge on any atom is 0.127 e. The molecule has 0 aromatic heterocycles. The molecule has 1 aromatic rings. The summed E-state index contributed by atoms with van der Waals surface area (Å²) >= 11 is 0. The summed E-state index contributed by atoms with van der Waals surface area (Å²) in [6, 6.07) is 8.47. The van der Waals surface area contributed by atoms with E-state index in [1.807, 2.05) is 6.92 Å². The Hall–Kier alpha value is -1.11. The lowest BCUT2D eigenvalue weighted by Crippen LogP contribution is -1.99. The third kappa shape index (κ3) is 2.92. The number of hydrogen-bond donors (Lipinski definition) is 0. The predicted octanol–water partition coefficient (Wildman–Crippen LogP) is 3.89. The molecule has 0 heterocycles. The minimum Gasteiger partial charge on any atom is -0.303 e. The summed E-state index contributed by atoms with van der Waals surface area (Å²) in [5, 5.41) is 0. The highest BCUT2D eigenvalue weighted by molar-refractivity contribution is 5.62. The Morgan fingerprint density at radius 3 is 2.00 bits per heavy atom. The lowest BCUT2D eigenvalue weighted by Gasteiger charge is -2.12. The first kappa shape index (κ1) is 12.0. The van der Waals surface area contributed by atoms with Crippen LogP contribution in [0.5, 0.6) is 0 Å². The SMILES string of the molecule is CCC(C)c1ccc(C(C=O)CC)cc1. The first-order valence-electron chi connectivity index (χ1n) is 5.78. The van der Waals surface area contributed by atoms with Crippen molar-refractivity contribution in [1.82, 2.24) is 0 Å². The van der Waals surface area contributed by atoms with E-state index < -0.39 is 0 Å². The van der Waals surface area contributed by atoms with Gasteiger partial charge in [0.25, 0.3) is 0 Å². The van der Waals surface area contributed by atoms with Gasteiger partial charge in [-0.2, -0.15) is 0 Å². The molecule has 0 amide bonds. The van der Waals surface area contributed by atoms with Crippen LogP contribution in [0.3, 0.4) is 0 Å². The summed E-state index contributed by atoms with van der Waals surface area (Å²) in [6.45, 7) is 6.46. The van der Waals surface area contributed by atoms with Crippen molar-refractivity contribution in [2.45, 2.75) is 45.4 Å². The van der Waals surface area contributed by atoms with Crippen LogP contribution in [0, 0.1) is 0 Å². The zero-order valence-electron chi connectivity index (χ0n) is 9.86. The average Bonchev–Trinajstić information content (AvgIpc) is 2.30. The summed E-state index contributed by atoms with van der Waals surface area (Å²) < 4.78 is 0. The Bertz CT molecular complexity index is 300. The van der Waals surface area contributed by atoms with Crippen LogP contribution in [0.4, 0.5) is 0 Å². The van der Waals surface area contributed by atoms with E-state index in [1.54, 1.807) is 0 Å². The fraction of sp³-hybridized carbons (Fsp3) is 0.500. The Kier molecular flexibility index (Phi) is 4.54. The van der Waals surface area contributed by atoms with Crippen LogP contribution in [-0.4, -0.2) is 6.29 Å². The molecule has 0 radical (unpaired) electrons. The smallest absolute Gasteiger partial charge is 0.127 e. The first-order chi connectivity index (χ1) is 7.22. The molecule has 0 N–H and O–H groups in total. The van der Waals surface area contributed by atoms with Gasteiger partial charge in [0, 0.05) is 5.92 Å². The summed E-state index contributed by atoms with van der Waals surface area (Å²) in [4.78, 5) is 10.8. The largest absolute Gasteiger partial charge is 0.303 e. The molecule has 0 saturated heterocycles. The van der Waals surface area contributed by atoms with Gasteiger partial charge in [-0.1, -0.05) is 45.0 Å². The number of benzene rings is 1. The van der Waals surface area contributed by atoms with E-state index in [2.05, 4.69) is 38.1 Å². The maximum atomic E-state index is 10.8. The van der Waals surface area contributed by atoms with Gasteiger partial charge in [0.05, 0.1) is 0 Å². The molecule has 0 aliphatic rings. The van der Waals surface area contributed by atoms with Crippen molar-refractivity contribution >= 4 is 6.29 Å². The van der Waals surface area contributed by atoms with Gasteiger partial charge < -0.3 is 4.79 Å². The van der Waals surface area contributed by atoms with Gasteiger partial charge in [-0.15, -0.1) is 0 Å². The predicted molar refractivity (Wildman–Crippen MR) is 64.2 cm³/mol. The van der Waals surface area contributed by atoms with Crippen molar-refractivity contribution in [3.05, 3.63) is 35.4 Å². The number of carbonyl (C=O) groups is 1. The normalized spacial score (nSPS) is 14.6. The molecule has 0 aliphatic carbocycles. The Labute approximate surface area is 92.5 Å². The molecule has 0 bridgehead atoms. The van der Waals surface area contributed by atoms with Crippen LogP contribution in [0.15, 0.2) is 24.3 Å².